The first-order valence-corrected chi connectivity index (χ1v) is 18.5. The van der Waals surface area contributed by atoms with E-state index in [1.165, 1.54) is 3.97 Å². The van der Waals surface area contributed by atoms with Gasteiger partial charge in [0.2, 0.25) is 0 Å². The quantitative estimate of drug-likeness (QED) is 0.612. The Morgan fingerprint density at radius 3 is 2.36 bits per heavy atom. The fraction of sp³-hybridized carbons (Fsp3) is 0.188. The van der Waals surface area contributed by atoms with Gasteiger partial charge in [0.1, 0.15) is 0 Å². The Balaban J connectivity index is 2.39. The van der Waals surface area contributed by atoms with Crippen LogP contribution in [0.2, 0.25) is 14.8 Å². The first-order chi connectivity index (χ1) is 10.3. The van der Waals surface area contributed by atoms with Gasteiger partial charge in [-0.2, -0.15) is 0 Å². The van der Waals surface area contributed by atoms with Crippen LogP contribution in [-0.2, 0) is 10.0 Å². The van der Waals surface area contributed by atoms with Gasteiger partial charge in [0.15, 0.2) is 0 Å². The Kier molecular flexibility index (Phi) is 3.80. The number of benzene rings is 1. The molecule has 0 spiro atoms. The molecule has 22 heavy (non-hydrogen) atoms. The minimum atomic E-state index is -3.59. The van der Waals surface area contributed by atoms with Crippen LogP contribution in [-0.4, -0.2) is 35.8 Å². The topological polar surface area (TPSA) is 52.0 Å². The van der Waals surface area contributed by atoms with Crippen molar-refractivity contribution in [3.05, 3.63) is 54.9 Å². The van der Waals surface area contributed by atoms with Gasteiger partial charge in [0.25, 0.3) is 0 Å². The molecule has 0 saturated carbocycles. The molecule has 0 aliphatic carbocycles. The standard InChI is InChI=1S/C13H9N2O2S.3CH3.Sn/c16-18(17,12-4-2-1-3-5-12)15-9-7-11-10-14-8-6-13(11)15;;;;/h1-8,10H;3*1H3;. The van der Waals surface area contributed by atoms with Crippen molar-refractivity contribution in [1.29, 1.82) is 0 Å². The van der Waals surface area contributed by atoms with E-state index in [0.717, 1.165) is 9.10 Å². The Morgan fingerprint density at radius 1 is 1.05 bits per heavy atom. The van der Waals surface area contributed by atoms with E-state index in [-0.39, 0.29) is 0 Å². The fourth-order valence-electron chi connectivity index (χ4n) is 2.51. The van der Waals surface area contributed by atoms with Crippen LogP contribution in [0.5, 0.6) is 0 Å². The Labute approximate surface area is 134 Å². The second kappa shape index (κ2) is 5.38. The van der Waals surface area contributed by atoms with Crippen LogP contribution in [0.3, 0.4) is 0 Å². The first-order valence-electron chi connectivity index (χ1n) is 7.08. The summed E-state index contributed by atoms with van der Waals surface area (Å²) in [5, 5.41) is 0.878. The maximum absolute atomic E-state index is 13.2. The first kappa shape index (κ1) is 15.6. The summed E-state index contributed by atoms with van der Waals surface area (Å²) in [4.78, 5) is 11.1. The van der Waals surface area contributed by atoms with Crippen molar-refractivity contribution >= 4 is 43.0 Å². The van der Waals surface area contributed by atoms with Crippen LogP contribution >= 0.6 is 0 Å². The van der Waals surface area contributed by atoms with Crippen LogP contribution < -0.4 is 3.71 Å². The third kappa shape index (κ3) is 2.56. The minimum absolute atomic E-state index is 0.320. The molecule has 3 aromatic rings. The maximum atomic E-state index is 13.2. The van der Waals surface area contributed by atoms with Crippen LogP contribution in [0.15, 0.2) is 59.8 Å². The van der Waals surface area contributed by atoms with Gasteiger partial charge in [-0.05, 0) is 0 Å². The third-order valence-electron chi connectivity index (χ3n) is 3.61. The van der Waals surface area contributed by atoms with Crippen molar-refractivity contribution in [2.75, 3.05) is 0 Å². The molecule has 0 fully saturated rings. The molecule has 2 heterocycles. The zero-order valence-electron chi connectivity index (χ0n) is 12.8. The fourth-order valence-corrected chi connectivity index (χ4v) is 10.6. The summed E-state index contributed by atoms with van der Waals surface area (Å²) in [6.07, 6.45) is 3.37. The van der Waals surface area contributed by atoms with Gasteiger partial charge in [-0.3, -0.25) is 0 Å². The van der Waals surface area contributed by atoms with Crippen molar-refractivity contribution in [2.45, 2.75) is 19.7 Å². The molecule has 0 atom stereocenters. The zero-order valence-corrected chi connectivity index (χ0v) is 16.5. The second-order valence-electron chi connectivity index (χ2n) is 6.30. The van der Waals surface area contributed by atoms with Gasteiger partial charge < -0.3 is 0 Å². The van der Waals surface area contributed by atoms with Gasteiger partial charge in [0.05, 0.1) is 0 Å². The van der Waals surface area contributed by atoms with E-state index in [9.17, 15) is 8.42 Å². The summed E-state index contributed by atoms with van der Waals surface area (Å²) in [5.41, 5.74) is 0.709. The van der Waals surface area contributed by atoms with E-state index in [4.69, 9.17) is 0 Å². The summed E-state index contributed by atoms with van der Waals surface area (Å²) < 4.78 is 28.8. The number of aromatic nitrogens is 2. The molecule has 0 unspecified atom stereocenters. The number of fused-ring (bicyclic) bond motifs is 1. The molecule has 3 rings (SSSR count). The summed E-state index contributed by atoms with van der Waals surface area (Å²) in [5.74, 6) is 0. The van der Waals surface area contributed by atoms with E-state index in [1.807, 2.05) is 12.1 Å². The van der Waals surface area contributed by atoms with E-state index in [0.29, 0.717) is 10.4 Å². The van der Waals surface area contributed by atoms with Crippen molar-refractivity contribution < 1.29 is 8.42 Å². The second-order valence-corrected chi connectivity index (χ2v) is 22.4. The Morgan fingerprint density at radius 2 is 1.73 bits per heavy atom. The monoisotopic (exact) mass is 422 g/mol. The SMILES string of the molecule is [CH3][Sn]([CH3])([CH3])[c]1cc2cnccc2n1S(=O)(=O)c1ccccc1. The predicted molar refractivity (Wildman–Crippen MR) is 91.7 cm³/mol. The van der Waals surface area contributed by atoms with E-state index in [2.05, 4.69) is 19.8 Å². The number of rotatable bonds is 3. The molecule has 0 amide bonds. The molecule has 6 heteroatoms. The molecule has 114 valence electrons. The van der Waals surface area contributed by atoms with E-state index >= 15 is 0 Å². The third-order valence-corrected chi connectivity index (χ3v) is 11.2. The van der Waals surface area contributed by atoms with Gasteiger partial charge in [0, 0.05) is 0 Å². The molecule has 1 aromatic carbocycles. The number of nitrogens with zero attached hydrogens (tertiary/aromatic N) is 2. The molecular weight excluding hydrogens is 403 g/mol. The molecule has 0 radical (unpaired) electrons. The molecule has 4 nitrogen and oxygen atoms in total. The van der Waals surface area contributed by atoms with Crippen LogP contribution in [0.4, 0.5) is 0 Å². The number of hydrogen-bond acceptors (Lipinski definition) is 3. The van der Waals surface area contributed by atoms with Gasteiger partial charge in [-0.15, -0.1) is 0 Å². The van der Waals surface area contributed by atoms with Crippen molar-refractivity contribution in [2.24, 2.45) is 0 Å². The molecule has 0 N–H and O–H groups in total. The average Bonchev–Trinajstić information content (AvgIpc) is 2.88. The van der Waals surface area contributed by atoms with Gasteiger partial charge >= 0.3 is 135 Å². The summed E-state index contributed by atoms with van der Waals surface area (Å²) in [6, 6.07) is 12.4. The molecule has 2 aromatic heterocycles. The Bertz CT molecular complexity index is 926. The zero-order chi connectivity index (χ0) is 16.0. The molecule has 0 aliphatic heterocycles. The number of pyridine rings is 1. The summed E-state index contributed by atoms with van der Waals surface area (Å²) in [7, 11) is -3.59. The Hall–Kier alpha value is -1.34. The van der Waals surface area contributed by atoms with Crippen molar-refractivity contribution in [1.82, 2.24) is 8.96 Å². The summed E-state index contributed by atoms with van der Waals surface area (Å²) >= 11 is -2.64. The van der Waals surface area contributed by atoms with Crippen molar-refractivity contribution in [3.8, 4) is 0 Å². The van der Waals surface area contributed by atoms with E-state index < -0.39 is 28.4 Å². The average molecular weight is 421 g/mol. The molecule has 0 saturated heterocycles. The van der Waals surface area contributed by atoms with Crippen molar-refractivity contribution in [3.63, 3.8) is 0 Å². The summed E-state index contributed by atoms with van der Waals surface area (Å²) in [6.45, 7) is 0. The van der Waals surface area contributed by atoms with E-state index in [1.54, 1.807) is 42.7 Å². The van der Waals surface area contributed by atoms with Crippen LogP contribution in [0.25, 0.3) is 10.9 Å². The predicted octanol–water partition coefficient (Wildman–Crippen LogP) is 2.82. The van der Waals surface area contributed by atoms with Gasteiger partial charge in [-0.1, -0.05) is 0 Å². The normalized spacial score (nSPS) is 12.7. The molecular formula is C16H18N2O2SSn. The molecule has 0 bridgehead atoms. The number of hydrogen-bond donors (Lipinski definition) is 0. The van der Waals surface area contributed by atoms with Gasteiger partial charge in [-0.25, -0.2) is 0 Å². The molecule has 0 aliphatic rings. The van der Waals surface area contributed by atoms with Crippen LogP contribution in [0, 0.1) is 0 Å². The van der Waals surface area contributed by atoms with Crippen LogP contribution in [0.1, 0.15) is 0 Å².